The molecule has 0 saturated carbocycles. The summed E-state index contributed by atoms with van der Waals surface area (Å²) >= 11 is 1.32. The highest BCUT2D eigenvalue weighted by Crippen LogP contribution is 2.29. The van der Waals surface area contributed by atoms with E-state index in [-0.39, 0.29) is 18.0 Å². The van der Waals surface area contributed by atoms with Gasteiger partial charge in [-0.15, -0.1) is 11.3 Å². The molecule has 1 amide bonds. The molecule has 0 saturated heterocycles. The number of likely N-dealkylation sites (N-methyl/N-ethyl adjacent to an activating group) is 1. The van der Waals surface area contributed by atoms with Crippen molar-refractivity contribution in [3.63, 3.8) is 0 Å². The summed E-state index contributed by atoms with van der Waals surface area (Å²) in [7, 11) is 1.60. The Morgan fingerprint density at radius 3 is 2.93 bits per heavy atom. The number of nitrogens with one attached hydrogen (secondary N) is 1. The van der Waals surface area contributed by atoms with E-state index in [0.717, 1.165) is 5.56 Å². The van der Waals surface area contributed by atoms with Crippen molar-refractivity contribution < 1.29 is 14.3 Å². The van der Waals surface area contributed by atoms with Crippen LogP contribution in [0.2, 0.25) is 0 Å². The summed E-state index contributed by atoms with van der Waals surface area (Å²) in [6.07, 6.45) is 0.297. The van der Waals surface area contributed by atoms with Crippen LogP contribution >= 0.6 is 11.3 Å². The standard InChI is InChI=1S/C19H17N3O4S/c1-19(9-11-5-3-4-6-12(11)17(24)26-19)18(25)22(2)10-14-20-13-7-8-27-15(13)16(23)21-14/h3-8H,9-10H2,1-2H3,(H,20,21,23). The summed E-state index contributed by atoms with van der Waals surface area (Å²) in [4.78, 5) is 45.9. The lowest BCUT2D eigenvalue weighted by molar-refractivity contribution is -0.150. The number of hydrogen-bond donors (Lipinski definition) is 1. The van der Waals surface area contributed by atoms with Gasteiger partial charge in [-0.25, -0.2) is 9.78 Å². The van der Waals surface area contributed by atoms with Crippen molar-refractivity contribution in [3.05, 3.63) is 63.0 Å². The normalized spacial score (nSPS) is 18.8. The van der Waals surface area contributed by atoms with Crippen molar-refractivity contribution in [2.24, 2.45) is 0 Å². The summed E-state index contributed by atoms with van der Waals surface area (Å²) in [6.45, 7) is 1.71. The minimum absolute atomic E-state index is 0.106. The molecule has 1 aromatic carbocycles. The van der Waals surface area contributed by atoms with E-state index in [9.17, 15) is 14.4 Å². The molecule has 1 aliphatic rings. The first-order valence-corrected chi connectivity index (χ1v) is 9.28. The molecular weight excluding hydrogens is 366 g/mol. The molecule has 2 aromatic heterocycles. The number of benzene rings is 1. The Morgan fingerprint density at radius 2 is 2.11 bits per heavy atom. The van der Waals surface area contributed by atoms with Gasteiger partial charge >= 0.3 is 5.97 Å². The van der Waals surface area contributed by atoms with Crippen molar-refractivity contribution in [2.75, 3.05) is 7.05 Å². The number of thiophene rings is 1. The van der Waals surface area contributed by atoms with E-state index in [1.165, 1.54) is 16.2 Å². The number of fused-ring (bicyclic) bond motifs is 2. The predicted octanol–water partition coefficient (Wildman–Crippen LogP) is 2.11. The van der Waals surface area contributed by atoms with Crippen LogP contribution in [0.15, 0.2) is 40.5 Å². The minimum atomic E-state index is -1.30. The molecule has 0 aliphatic carbocycles. The Balaban J connectivity index is 1.58. The zero-order chi connectivity index (χ0) is 19.2. The molecule has 8 heteroatoms. The number of carbonyl (C=O) groups is 2. The van der Waals surface area contributed by atoms with Crippen LogP contribution in [0.3, 0.4) is 0 Å². The van der Waals surface area contributed by atoms with E-state index < -0.39 is 11.6 Å². The zero-order valence-electron chi connectivity index (χ0n) is 14.8. The maximum atomic E-state index is 13.0. The van der Waals surface area contributed by atoms with E-state index in [1.807, 2.05) is 12.1 Å². The number of hydrogen-bond acceptors (Lipinski definition) is 6. The maximum Gasteiger partial charge on any atom is 0.339 e. The van der Waals surface area contributed by atoms with E-state index in [1.54, 1.807) is 37.6 Å². The van der Waals surface area contributed by atoms with Crippen LogP contribution in [-0.4, -0.2) is 39.4 Å². The number of carbonyl (C=O) groups excluding carboxylic acids is 2. The average molecular weight is 383 g/mol. The fourth-order valence-electron chi connectivity index (χ4n) is 3.35. The van der Waals surface area contributed by atoms with Crippen LogP contribution in [0.25, 0.3) is 10.2 Å². The van der Waals surface area contributed by atoms with Gasteiger partial charge in [-0.3, -0.25) is 9.59 Å². The highest BCUT2D eigenvalue weighted by Gasteiger charge is 2.44. The lowest BCUT2D eigenvalue weighted by atomic mass is 9.89. The van der Waals surface area contributed by atoms with Crippen LogP contribution in [0.4, 0.5) is 0 Å². The van der Waals surface area contributed by atoms with Crippen molar-refractivity contribution in [1.29, 1.82) is 0 Å². The number of aromatic nitrogens is 2. The number of cyclic esters (lactones) is 1. The van der Waals surface area contributed by atoms with Crippen molar-refractivity contribution >= 4 is 33.4 Å². The molecule has 3 aromatic rings. The second-order valence-electron chi connectivity index (χ2n) is 6.76. The molecule has 0 radical (unpaired) electrons. The molecule has 1 atom stereocenters. The van der Waals surface area contributed by atoms with E-state index >= 15 is 0 Å². The van der Waals surface area contributed by atoms with Crippen molar-refractivity contribution in [3.8, 4) is 0 Å². The quantitative estimate of drug-likeness (QED) is 0.700. The van der Waals surface area contributed by atoms with Crippen LogP contribution in [0.1, 0.15) is 28.7 Å². The lowest BCUT2D eigenvalue weighted by Crippen LogP contribution is -2.52. The minimum Gasteiger partial charge on any atom is -0.445 e. The first kappa shape index (κ1) is 17.4. The third-order valence-electron chi connectivity index (χ3n) is 4.63. The van der Waals surface area contributed by atoms with Gasteiger partial charge in [-0.2, -0.15) is 0 Å². The third-order valence-corrected chi connectivity index (χ3v) is 5.54. The van der Waals surface area contributed by atoms with Crippen molar-refractivity contribution in [1.82, 2.24) is 14.9 Å². The Hall–Kier alpha value is -3.00. The number of rotatable bonds is 3. The highest BCUT2D eigenvalue weighted by atomic mass is 32.1. The summed E-state index contributed by atoms with van der Waals surface area (Å²) in [6, 6.07) is 8.87. The predicted molar refractivity (Wildman–Crippen MR) is 101 cm³/mol. The fraction of sp³-hybridized carbons (Fsp3) is 0.263. The van der Waals surface area contributed by atoms with Gasteiger partial charge in [0.25, 0.3) is 11.5 Å². The first-order valence-electron chi connectivity index (χ1n) is 8.40. The summed E-state index contributed by atoms with van der Waals surface area (Å²) in [5, 5.41) is 1.80. The van der Waals surface area contributed by atoms with Gasteiger partial charge in [0, 0.05) is 13.5 Å². The molecule has 1 N–H and O–H groups in total. The fourth-order valence-corrected chi connectivity index (χ4v) is 4.07. The molecule has 0 fully saturated rings. The Bertz CT molecular complexity index is 1120. The number of ether oxygens (including phenoxy) is 1. The molecule has 3 heterocycles. The largest absolute Gasteiger partial charge is 0.445 e. The summed E-state index contributed by atoms with van der Waals surface area (Å²) < 4.78 is 6.03. The smallest absolute Gasteiger partial charge is 0.339 e. The second-order valence-corrected chi connectivity index (χ2v) is 7.68. The molecule has 0 spiro atoms. The zero-order valence-corrected chi connectivity index (χ0v) is 15.6. The molecule has 27 heavy (non-hydrogen) atoms. The Morgan fingerprint density at radius 1 is 1.33 bits per heavy atom. The average Bonchev–Trinajstić information content (AvgIpc) is 3.10. The van der Waals surface area contributed by atoms with E-state index in [2.05, 4.69) is 9.97 Å². The lowest BCUT2D eigenvalue weighted by Gasteiger charge is -2.35. The van der Waals surface area contributed by atoms with Gasteiger partial charge in [-0.05, 0) is 30.0 Å². The molecule has 138 valence electrons. The van der Waals surface area contributed by atoms with Crippen LogP contribution in [-0.2, 0) is 22.5 Å². The maximum absolute atomic E-state index is 13.0. The van der Waals surface area contributed by atoms with Crippen molar-refractivity contribution in [2.45, 2.75) is 25.5 Å². The van der Waals surface area contributed by atoms with Gasteiger partial charge < -0.3 is 14.6 Å². The number of aromatic amines is 1. The second kappa shape index (κ2) is 6.31. The van der Waals surface area contributed by atoms with Crippen LogP contribution in [0.5, 0.6) is 0 Å². The van der Waals surface area contributed by atoms with E-state index in [4.69, 9.17) is 4.74 Å². The van der Waals surface area contributed by atoms with Crippen LogP contribution < -0.4 is 5.56 Å². The molecule has 1 unspecified atom stereocenters. The summed E-state index contributed by atoms with van der Waals surface area (Å²) in [5.41, 5.74) is 0.343. The van der Waals surface area contributed by atoms with Gasteiger partial charge in [0.1, 0.15) is 10.5 Å². The Labute approximate surface area is 158 Å². The number of amides is 1. The molecule has 0 bridgehead atoms. The number of nitrogens with zero attached hydrogens (tertiary/aromatic N) is 2. The SMILES string of the molecule is CN(Cc1nc2ccsc2c(=O)[nH]1)C(=O)C1(C)Cc2ccccc2C(=O)O1. The Kier molecular flexibility index (Phi) is 4.07. The highest BCUT2D eigenvalue weighted by molar-refractivity contribution is 7.17. The molecule has 4 rings (SSSR count). The summed E-state index contributed by atoms with van der Waals surface area (Å²) in [5.74, 6) is -0.473. The van der Waals surface area contributed by atoms with E-state index in [0.29, 0.717) is 28.0 Å². The van der Waals surface area contributed by atoms with Crippen LogP contribution in [0, 0.1) is 0 Å². The molecule has 7 nitrogen and oxygen atoms in total. The third kappa shape index (κ3) is 3.02. The first-order chi connectivity index (χ1) is 12.9. The van der Waals surface area contributed by atoms with Gasteiger partial charge in [0.15, 0.2) is 5.60 Å². The number of H-pyrrole nitrogens is 1. The topological polar surface area (TPSA) is 92.4 Å². The number of esters is 1. The molecule has 1 aliphatic heterocycles. The molecular formula is C19H17N3O4S. The van der Waals surface area contributed by atoms with Gasteiger partial charge in [-0.1, -0.05) is 18.2 Å². The monoisotopic (exact) mass is 383 g/mol. The van der Waals surface area contributed by atoms with Gasteiger partial charge in [0.05, 0.1) is 17.6 Å². The van der Waals surface area contributed by atoms with Gasteiger partial charge in [0.2, 0.25) is 0 Å².